The summed E-state index contributed by atoms with van der Waals surface area (Å²) in [5.74, 6) is 0. The predicted octanol–water partition coefficient (Wildman–Crippen LogP) is 4.58. The van der Waals surface area contributed by atoms with E-state index in [0.717, 1.165) is 18.7 Å². The number of nitrogens with two attached hydrogens (primary N) is 1. The van der Waals surface area contributed by atoms with Gasteiger partial charge in [-0.2, -0.15) is 0 Å². The van der Waals surface area contributed by atoms with Crippen molar-refractivity contribution in [1.82, 2.24) is 4.90 Å². The van der Waals surface area contributed by atoms with Gasteiger partial charge in [0.25, 0.3) is 0 Å². The van der Waals surface area contributed by atoms with Gasteiger partial charge in [-0.25, -0.2) is 0 Å². The van der Waals surface area contributed by atoms with Gasteiger partial charge in [0.15, 0.2) is 0 Å². The molecule has 2 aromatic rings. The molecule has 2 nitrogen and oxygen atoms in total. The molecule has 2 N–H and O–H groups in total. The Balaban J connectivity index is 2.21. The van der Waals surface area contributed by atoms with E-state index in [-0.39, 0.29) is 6.04 Å². The fraction of sp³-hybridized carbons (Fsp3) is 0.333. The summed E-state index contributed by atoms with van der Waals surface area (Å²) >= 11 is 13.9. The van der Waals surface area contributed by atoms with Crippen molar-refractivity contribution in [2.24, 2.45) is 5.73 Å². The van der Waals surface area contributed by atoms with E-state index in [1.54, 1.807) is 11.3 Å². The summed E-state index contributed by atoms with van der Waals surface area (Å²) in [4.78, 5) is 3.69. The van der Waals surface area contributed by atoms with E-state index < -0.39 is 0 Å². The van der Waals surface area contributed by atoms with E-state index in [1.165, 1.54) is 4.88 Å². The van der Waals surface area contributed by atoms with Crippen LogP contribution in [-0.4, -0.2) is 18.0 Å². The topological polar surface area (TPSA) is 29.3 Å². The molecule has 1 aromatic carbocycles. The van der Waals surface area contributed by atoms with Gasteiger partial charge in [0, 0.05) is 24.0 Å². The molecule has 0 aliphatic carbocycles. The van der Waals surface area contributed by atoms with Crippen LogP contribution in [0.2, 0.25) is 10.0 Å². The second kappa shape index (κ2) is 7.43. The van der Waals surface area contributed by atoms with E-state index in [4.69, 9.17) is 28.9 Å². The fourth-order valence-electron chi connectivity index (χ4n) is 2.26. The second-order valence-corrected chi connectivity index (χ2v) is 6.41. The average molecular weight is 329 g/mol. The van der Waals surface area contributed by atoms with Gasteiger partial charge in [-0.05, 0) is 35.7 Å². The van der Waals surface area contributed by atoms with E-state index in [2.05, 4.69) is 29.3 Å². The van der Waals surface area contributed by atoms with Gasteiger partial charge in [-0.3, -0.25) is 4.90 Å². The lowest BCUT2D eigenvalue weighted by atomic mass is 10.1. The number of rotatable bonds is 6. The Hall–Kier alpha value is -0.580. The minimum Gasteiger partial charge on any atom is -0.329 e. The molecule has 0 bridgehead atoms. The zero-order valence-corrected chi connectivity index (χ0v) is 13.7. The quantitative estimate of drug-likeness (QED) is 0.841. The van der Waals surface area contributed by atoms with Crippen molar-refractivity contribution in [3.05, 3.63) is 56.2 Å². The number of hydrogen-bond donors (Lipinski definition) is 1. The van der Waals surface area contributed by atoms with Gasteiger partial charge < -0.3 is 5.73 Å². The number of hydrogen-bond acceptors (Lipinski definition) is 3. The van der Waals surface area contributed by atoms with Gasteiger partial charge in [-0.1, -0.05) is 42.3 Å². The van der Waals surface area contributed by atoms with Crippen LogP contribution in [0.1, 0.15) is 23.4 Å². The molecule has 0 aliphatic rings. The third-order valence-electron chi connectivity index (χ3n) is 3.34. The summed E-state index contributed by atoms with van der Waals surface area (Å²) in [5.41, 5.74) is 7.10. The molecule has 1 heterocycles. The van der Waals surface area contributed by atoms with Crippen LogP contribution in [0.15, 0.2) is 35.7 Å². The van der Waals surface area contributed by atoms with Crippen molar-refractivity contribution in [2.75, 3.05) is 13.1 Å². The molecule has 20 heavy (non-hydrogen) atoms. The number of nitrogens with zero attached hydrogens (tertiary/aromatic N) is 1. The Kier molecular flexibility index (Phi) is 5.87. The highest BCUT2D eigenvalue weighted by atomic mass is 35.5. The smallest absolute Gasteiger partial charge is 0.0595 e. The standard InChI is InChI=1S/C15H18Cl2N2S/c1-2-19(10-12-4-3-7-20-12)15(9-18)11-5-6-13(16)14(17)8-11/h3-8,15H,2,9-10,18H2,1H3. The molecule has 1 unspecified atom stereocenters. The second-order valence-electron chi connectivity index (χ2n) is 4.57. The maximum absolute atomic E-state index is 6.12. The van der Waals surface area contributed by atoms with Crippen LogP contribution in [0.25, 0.3) is 0 Å². The SMILES string of the molecule is CCN(Cc1cccs1)C(CN)c1ccc(Cl)c(Cl)c1. The minimum atomic E-state index is 0.150. The molecule has 1 aromatic heterocycles. The van der Waals surface area contributed by atoms with Crippen LogP contribution < -0.4 is 5.73 Å². The third-order valence-corrected chi connectivity index (χ3v) is 4.94. The summed E-state index contributed by atoms with van der Waals surface area (Å²) < 4.78 is 0. The molecular weight excluding hydrogens is 311 g/mol. The number of halogens is 2. The highest BCUT2D eigenvalue weighted by Gasteiger charge is 2.19. The first-order valence-electron chi connectivity index (χ1n) is 6.57. The Morgan fingerprint density at radius 1 is 1.25 bits per heavy atom. The van der Waals surface area contributed by atoms with E-state index >= 15 is 0 Å². The average Bonchev–Trinajstić information content (AvgIpc) is 2.95. The molecule has 0 spiro atoms. The fourth-order valence-corrected chi connectivity index (χ4v) is 3.30. The summed E-state index contributed by atoms with van der Waals surface area (Å²) in [6, 6.07) is 10.1. The summed E-state index contributed by atoms with van der Waals surface area (Å²) in [7, 11) is 0. The van der Waals surface area contributed by atoms with Gasteiger partial charge in [0.05, 0.1) is 10.0 Å². The molecule has 0 amide bonds. The lowest BCUT2D eigenvalue weighted by Crippen LogP contribution is -2.33. The lowest BCUT2D eigenvalue weighted by Gasteiger charge is -2.30. The van der Waals surface area contributed by atoms with Crippen molar-refractivity contribution in [1.29, 1.82) is 0 Å². The van der Waals surface area contributed by atoms with Crippen molar-refractivity contribution < 1.29 is 0 Å². The van der Waals surface area contributed by atoms with Gasteiger partial charge in [-0.15, -0.1) is 11.3 Å². The molecule has 0 saturated heterocycles. The van der Waals surface area contributed by atoms with Gasteiger partial charge >= 0.3 is 0 Å². The van der Waals surface area contributed by atoms with Crippen LogP contribution in [0.4, 0.5) is 0 Å². The summed E-state index contributed by atoms with van der Waals surface area (Å²) in [5, 5.41) is 3.25. The monoisotopic (exact) mass is 328 g/mol. The highest BCUT2D eigenvalue weighted by molar-refractivity contribution is 7.09. The van der Waals surface area contributed by atoms with Crippen molar-refractivity contribution in [2.45, 2.75) is 19.5 Å². The lowest BCUT2D eigenvalue weighted by molar-refractivity contribution is 0.205. The Morgan fingerprint density at radius 3 is 2.60 bits per heavy atom. The maximum Gasteiger partial charge on any atom is 0.0595 e. The molecule has 0 radical (unpaired) electrons. The highest BCUT2D eigenvalue weighted by Crippen LogP contribution is 2.29. The Morgan fingerprint density at radius 2 is 2.05 bits per heavy atom. The molecule has 0 saturated carbocycles. The van der Waals surface area contributed by atoms with Crippen LogP contribution in [0.5, 0.6) is 0 Å². The van der Waals surface area contributed by atoms with E-state index in [0.29, 0.717) is 16.6 Å². The maximum atomic E-state index is 6.12. The van der Waals surface area contributed by atoms with Crippen molar-refractivity contribution >= 4 is 34.5 Å². The first-order chi connectivity index (χ1) is 9.65. The molecule has 0 aliphatic heterocycles. The number of likely N-dealkylation sites (N-methyl/N-ethyl adjacent to an activating group) is 1. The van der Waals surface area contributed by atoms with Crippen molar-refractivity contribution in [3.63, 3.8) is 0 Å². The van der Waals surface area contributed by atoms with E-state index in [9.17, 15) is 0 Å². The Labute approximate surface area is 134 Å². The molecular formula is C15H18Cl2N2S. The molecule has 2 rings (SSSR count). The largest absolute Gasteiger partial charge is 0.329 e. The molecule has 1 atom stereocenters. The number of thiophene rings is 1. The normalized spacial score (nSPS) is 12.8. The van der Waals surface area contributed by atoms with Crippen LogP contribution in [0, 0.1) is 0 Å². The third kappa shape index (κ3) is 3.74. The van der Waals surface area contributed by atoms with Crippen molar-refractivity contribution in [3.8, 4) is 0 Å². The zero-order valence-electron chi connectivity index (χ0n) is 11.4. The minimum absolute atomic E-state index is 0.150. The summed E-state index contributed by atoms with van der Waals surface area (Å²) in [6.07, 6.45) is 0. The van der Waals surface area contributed by atoms with E-state index in [1.807, 2.05) is 18.2 Å². The van der Waals surface area contributed by atoms with Crippen LogP contribution in [-0.2, 0) is 6.54 Å². The summed E-state index contributed by atoms with van der Waals surface area (Å²) in [6.45, 7) is 4.53. The van der Waals surface area contributed by atoms with Crippen LogP contribution >= 0.6 is 34.5 Å². The van der Waals surface area contributed by atoms with Crippen LogP contribution in [0.3, 0.4) is 0 Å². The number of benzene rings is 1. The first kappa shape index (κ1) is 15.8. The van der Waals surface area contributed by atoms with Gasteiger partial charge in [0.2, 0.25) is 0 Å². The first-order valence-corrected chi connectivity index (χ1v) is 8.20. The molecule has 108 valence electrons. The Bertz CT molecular complexity index is 543. The zero-order chi connectivity index (χ0) is 14.5. The van der Waals surface area contributed by atoms with Gasteiger partial charge in [0.1, 0.15) is 0 Å². The molecule has 0 fully saturated rings. The molecule has 5 heteroatoms. The predicted molar refractivity (Wildman–Crippen MR) is 88.7 cm³/mol.